The van der Waals surface area contributed by atoms with E-state index in [0.29, 0.717) is 0 Å². The van der Waals surface area contributed by atoms with Crippen LogP contribution in [0.1, 0.15) is 43.9 Å². The zero-order valence-corrected chi connectivity index (χ0v) is 12.3. The van der Waals surface area contributed by atoms with E-state index in [9.17, 15) is 4.79 Å². The fourth-order valence-corrected chi connectivity index (χ4v) is 0.891. The molecule has 2 heteroatoms. The maximum Gasteiger partial charge on any atom is 0.302 e. The molecule has 0 saturated carbocycles. The van der Waals surface area contributed by atoms with E-state index in [2.05, 4.69) is 57.6 Å². The van der Waals surface area contributed by atoms with Crippen LogP contribution in [0, 0.1) is 20.8 Å². The molecule has 0 amide bonds. The van der Waals surface area contributed by atoms with Crippen LogP contribution >= 0.6 is 0 Å². The number of hydrogen-bond donors (Lipinski definition) is 0. The van der Waals surface area contributed by atoms with E-state index in [1.165, 1.54) is 37.1 Å². The number of benzene rings is 1. The number of carbonyl (C=O) groups excluding carboxylic acids is 1. The Kier molecular flexibility index (Phi) is 11.9. The van der Waals surface area contributed by atoms with Crippen LogP contribution in [-0.2, 0) is 9.53 Å². The molecule has 17 heavy (non-hydrogen) atoms. The van der Waals surface area contributed by atoms with Gasteiger partial charge in [0.15, 0.2) is 0 Å². The predicted octanol–water partition coefficient (Wildman–Crippen LogP) is 4.21. The zero-order chi connectivity index (χ0) is 13.8. The van der Waals surface area contributed by atoms with Crippen molar-refractivity contribution in [1.29, 1.82) is 0 Å². The zero-order valence-electron chi connectivity index (χ0n) is 12.3. The summed E-state index contributed by atoms with van der Waals surface area (Å²) < 4.78 is 4.11. The van der Waals surface area contributed by atoms with Gasteiger partial charge in [-0.3, -0.25) is 4.79 Å². The van der Waals surface area contributed by atoms with Crippen molar-refractivity contribution in [3.05, 3.63) is 34.9 Å². The lowest BCUT2D eigenvalue weighted by Gasteiger charge is -1.98. The molecule has 0 aliphatic heterocycles. The van der Waals surface area contributed by atoms with E-state index >= 15 is 0 Å². The molecule has 98 valence electrons. The second-order valence-electron chi connectivity index (χ2n) is 3.99. The Morgan fingerprint density at radius 1 is 1.12 bits per heavy atom. The lowest BCUT2D eigenvalue weighted by Crippen LogP contribution is -1.88. The highest BCUT2D eigenvalue weighted by Crippen LogP contribution is 2.07. The highest BCUT2D eigenvalue weighted by atomic mass is 16.5. The standard InChI is InChI=1S/C9H12.C3H6O2.C3H8/c1-7-4-5-8(2)9(3)6-7;1-3(4)5-2;1-3-2/h4-6H,1-3H3;1-2H3;3H2,1-2H3. The first-order chi connectivity index (χ1) is 7.88. The quantitative estimate of drug-likeness (QED) is 0.633. The Balaban J connectivity index is 0. The number of hydrogen-bond acceptors (Lipinski definition) is 2. The molecule has 1 aromatic rings. The van der Waals surface area contributed by atoms with E-state index in [1.807, 2.05) is 0 Å². The molecule has 0 aliphatic carbocycles. The van der Waals surface area contributed by atoms with Gasteiger partial charge in [0.25, 0.3) is 0 Å². The minimum atomic E-state index is -0.245. The highest BCUT2D eigenvalue weighted by Gasteiger charge is 1.89. The number of ether oxygens (including phenoxy) is 1. The minimum Gasteiger partial charge on any atom is -0.469 e. The van der Waals surface area contributed by atoms with Gasteiger partial charge >= 0.3 is 5.97 Å². The van der Waals surface area contributed by atoms with Gasteiger partial charge in [0, 0.05) is 6.92 Å². The van der Waals surface area contributed by atoms with Gasteiger partial charge < -0.3 is 4.74 Å². The number of methoxy groups -OCH3 is 1. The molecular weight excluding hydrogens is 212 g/mol. The van der Waals surface area contributed by atoms with E-state index in [1.54, 1.807) is 0 Å². The molecule has 0 radical (unpaired) electrons. The number of esters is 1. The van der Waals surface area contributed by atoms with Crippen LogP contribution in [-0.4, -0.2) is 13.1 Å². The SMILES string of the molecule is CCC.COC(C)=O.Cc1ccc(C)c(C)c1. The van der Waals surface area contributed by atoms with E-state index < -0.39 is 0 Å². The Morgan fingerprint density at radius 3 is 1.76 bits per heavy atom. The first-order valence-electron chi connectivity index (χ1n) is 5.97. The van der Waals surface area contributed by atoms with Crippen molar-refractivity contribution in [2.24, 2.45) is 0 Å². The largest absolute Gasteiger partial charge is 0.469 e. The average molecular weight is 238 g/mol. The molecule has 0 heterocycles. The molecule has 0 atom stereocenters. The van der Waals surface area contributed by atoms with Gasteiger partial charge in [0.05, 0.1) is 7.11 Å². The Hall–Kier alpha value is -1.31. The monoisotopic (exact) mass is 238 g/mol. The van der Waals surface area contributed by atoms with Crippen molar-refractivity contribution in [1.82, 2.24) is 0 Å². The summed E-state index contributed by atoms with van der Waals surface area (Å²) in [5.41, 5.74) is 4.11. The molecule has 0 N–H and O–H groups in total. The third-order valence-corrected chi connectivity index (χ3v) is 1.95. The summed E-state index contributed by atoms with van der Waals surface area (Å²) in [5.74, 6) is -0.245. The van der Waals surface area contributed by atoms with Gasteiger partial charge in [-0.1, -0.05) is 44.0 Å². The first kappa shape index (κ1) is 18.1. The van der Waals surface area contributed by atoms with Gasteiger partial charge in [-0.05, 0) is 31.9 Å². The van der Waals surface area contributed by atoms with Gasteiger partial charge in [-0.15, -0.1) is 0 Å². The third-order valence-electron chi connectivity index (χ3n) is 1.95. The van der Waals surface area contributed by atoms with Crippen LogP contribution in [0.3, 0.4) is 0 Å². The molecule has 1 aromatic carbocycles. The minimum absolute atomic E-state index is 0.245. The molecule has 0 unspecified atom stereocenters. The molecule has 0 bridgehead atoms. The Morgan fingerprint density at radius 2 is 1.53 bits per heavy atom. The fraction of sp³-hybridized carbons (Fsp3) is 0.533. The van der Waals surface area contributed by atoms with Gasteiger partial charge in [0.2, 0.25) is 0 Å². The lowest BCUT2D eigenvalue weighted by molar-refractivity contribution is -0.137. The van der Waals surface area contributed by atoms with E-state index in [4.69, 9.17) is 0 Å². The number of carbonyl (C=O) groups is 1. The summed E-state index contributed by atoms with van der Waals surface area (Å²) >= 11 is 0. The van der Waals surface area contributed by atoms with Crippen LogP contribution < -0.4 is 0 Å². The van der Waals surface area contributed by atoms with Gasteiger partial charge in [-0.25, -0.2) is 0 Å². The summed E-state index contributed by atoms with van der Waals surface area (Å²) in [6, 6.07) is 6.50. The van der Waals surface area contributed by atoms with Crippen LogP contribution in [0.25, 0.3) is 0 Å². The molecular formula is C15H26O2. The third kappa shape index (κ3) is 12.6. The van der Waals surface area contributed by atoms with Gasteiger partial charge in [-0.2, -0.15) is 0 Å². The van der Waals surface area contributed by atoms with Crippen molar-refractivity contribution < 1.29 is 9.53 Å². The van der Waals surface area contributed by atoms with Crippen molar-refractivity contribution in [2.75, 3.05) is 7.11 Å². The van der Waals surface area contributed by atoms with Gasteiger partial charge in [0.1, 0.15) is 0 Å². The molecule has 0 aromatic heterocycles. The highest BCUT2D eigenvalue weighted by molar-refractivity contribution is 5.65. The second kappa shape index (κ2) is 11.2. The molecule has 0 saturated heterocycles. The summed E-state index contributed by atoms with van der Waals surface area (Å²) in [6.45, 7) is 12.0. The Labute approximate surface area is 106 Å². The normalized spacial score (nSPS) is 8.18. The lowest BCUT2D eigenvalue weighted by atomic mass is 10.1. The maximum absolute atomic E-state index is 9.59. The van der Waals surface area contributed by atoms with Crippen LogP contribution in [0.2, 0.25) is 0 Å². The van der Waals surface area contributed by atoms with Crippen LogP contribution in [0.15, 0.2) is 18.2 Å². The fourth-order valence-electron chi connectivity index (χ4n) is 0.891. The van der Waals surface area contributed by atoms with Crippen LogP contribution in [0.4, 0.5) is 0 Å². The van der Waals surface area contributed by atoms with Crippen molar-refractivity contribution in [3.63, 3.8) is 0 Å². The van der Waals surface area contributed by atoms with Crippen LogP contribution in [0.5, 0.6) is 0 Å². The van der Waals surface area contributed by atoms with E-state index in [-0.39, 0.29) is 5.97 Å². The molecule has 0 aliphatic rings. The average Bonchev–Trinajstić information content (AvgIpc) is 2.26. The molecule has 0 spiro atoms. The molecule has 1 rings (SSSR count). The summed E-state index contributed by atoms with van der Waals surface area (Å²) in [7, 11) is 1.35. The smallest absolute Gasteiger partial charge is 0.302 e. The maximum atomic E-state index is 9.59. The summed E-state index contributed by atoms with van der Waals surface area (Å²) in [5, 5.41) is 0. The number of rotatable bonds is 0. The molecule has 2 nitrogen and oxygen atoms in total. The van der Waals surface area contributed by atoms with Crippen molar-refractivity contribution >= 4 is 5.97 Å². The molecule has 0 fully saturated rings. The second-order valence-corrected chi connectivity index (χ2v) is 3.99. The summed E-state index contributed by atoms with van der Waals surface area (Å²) in [6.07, 6.45) is 1.25. The Bertz CT molecular complexity index is 317. The first-order valence-corrected chi connectivity index (χ1v) is 5.97. The van der Waals surface area contributed by atoms with Crippen molar-refractivity contribution in [3.8, 4) is 0 Å². The topological polar surface area (TPSA) is 26.3 Å². The van der Waals surface area contributed by atoms with Crippen molar-refractivity contribution in [2.45, 2.75) is 48.0 Å². The summed E-state index contributed by atoms with van der Waals surface area (Å²) in [4.78, 5) is 9.59. The number of aryl methyl sites for hydroxylation is 3. The predicted molar refractivity (Wildman–Crippen MR) is 74.3 cm³/mol. The van der Waals surface area contributed by atoms with E-state index in [0.717, 1.165) is 0 Å².